The highest BCUT2D eigenvalue weighted by Crippen LogP contribution is 2.06. The summed E-state index contributed by atoms with van der Waals surface area (Å²) in [6.45, 7) is 4.62. The predicted octanol–water partition coefficient (Wildman–Crippen LogP) is 3.86. The molecule has 0 spiro atoms. The quantitative estimate of drug-likeness (QED) is 0.329. The minimum atomic E-state index is -0.0368. The third-order valence-corrected chi connectivity index (χ3v) is 2.20. The fourth-order valence-electron chi connectivity index (χ4n) is 1.34. The predicted molar refractivity (Wildman–Crippen MR) is 63.8 cm³/mol. The van der Waals surface area contributed by atoms with E-state index < -0.39 is 0 Å². The molecule has 0 rings (SSSR count). The zero-order chi connectivity index (χ0) is 11.4. The summed E-state index contributed by atoms with van der Waals surface area (Å²) in [6.07, 6.45) is 11.5. The monoisotopic (exact) mass is 212 g/mol. The van der Waals surface area contributed by atoms with E-state index in [-0.39, 0.29) is 5.97 Å². The van der Waals surface area contributed by atoms with Crippen LogP contribution < -0.4 is 0 Å². The number of carbonyl (C=O) groups excluding carboxylic acids is 1. The number of allylic oxidation sites excluding steroid dienone is 2. The molecule has 0 heterocycles. The molecule has 0 N–H and O–H groups in total. The van der Waals surface area contributed by atoms with Crippen molar-refractivity contribution in [2.75, 3.05) is 6.61 Å². The number of esters is 1. The van der Waals surface area contributed by atoms with Crippen LogP contribution in [0.1, 0.15) is 58.8 Å². The summed E-state index contributed by atoms with van der Waals surface area (Å²) < 4.78 is 4.99. The molecule has 2 nitrogen and oxygen atoms in total. The van der Waals surface area contributed by atoms with Crippen molar-refractivity contribution in [1.29, 1.82) is 0 Å². The summed E-state index contributed by atoms with van der Waals surface area (Å²) in [6, 6.07) is 0. The van der Waals surface area contributed by atoms with Crippen LogP contribution in [0.5, 0.6) is 0 Å². The van der Waals surface area contributed by atoms with Crippen LogP contribution >= 0.6 is 0 Å². The van der Waals surface area contributed by atoms with Crippen molar-refractivity contribution in [3.63, 3.8) is 0 Å². The molecule has 88 valence electrons. The second-order valence-corrected chi connectivity index (χ2v) is 3.74. The van der Waals surface area contributed by atoms with Crippen LogP contribution in [-0.2, 0) is 9.53 Å². The van der Waals surface area contributed by atoms with E-state index in [9.17, 15) is 4.79 Å². The first-order valence-corrected chi connectivity index (χ1v) is 6.08. The van der Waals surface area contributed by atoms with Gasteiger partial charge in [0.25, 0.3) is 0 Å². The molecule has 0 aliphatic heterocycles. The minimum absolute atomic E-state index is 0.0368. The summed E-state index contributed by atoms with van der Waals surface area (Å²) in [5.74, 6) is -0.0368. The zero-order valence-corrected chi connectivity index (χ0v) is 10.1. The van der Waals surface area contributed by atoms with Gasteiger partial charge >= 0.3 is 5.97 Å². The molecule has 0 aromatic heterocycles. The van der Waals surface area contributed by atoms with Gasteiger partial charge in [0.15, 0.2) is 0 Å². The Hall–Kier alpha value is -0.790. The number of ether oxygens (including phenoxy) is 1. The molecule has 0 aromatic carbocycles. The van der Waals surface area contributed by atoms with E-state index in [1.807, 2.05) is 13.8 Å². The lowest BCUT2D eigenvalue weighted by molar-refractivity contribution is -0.143. The SMILES string of the molecule is C/C=C/CCCCCCC(=O)OCCC. The summed E-state index contributed by atoms with van der Waals surface area (Å²) in [7, 11) is 0. The Morgan fingerprint density at radius 1 is 1.20 bits per heavy atom. The summed E-state index contributed by atoms with van der Waals surface area (Å²) >= 11 is 0. The van der Waals surface area contributed by atoms with E-state index in [0.29, 0.717) is 13.0 Å². The average molecular weight is 212 g/mol. The van der Waals surface area contributed by atoms with Gasteiger partial charge in [0, 0.05) is 6.42 Å². The highest BCUT2D eigenvalue weighted by atomic mass is 16.5. The first kappa shape index (κ1) is 14.2. The van der Waals surface area contributed by atoms with Crippen molar-refractivity contribution in [2.24, 2.45) is 0 Å². The number of hydrogen-bond acceptors (Lipinski definition) is 2. The van der Waals surface area contributed by atoms with E-state index in [4.69, 9.17) is 4.74 Å². The van der Waals surface area contributed by atoms with Crippen molar-refractivity contribution in [2.45, 2.75) is 58.8 Å². The topological polar surface area (TPSA) is 26.3 Å². The van der Waals surface area contributed by atoms with Crippen molar-refractivity contribution in [1.82, 2.24) is 0 Å². The smallest absolute Gasteiger partial charge is 0.305 e. The Labute approximate surface area is 93.7 Å². The maximum absolute atomic E-state index is 11.1. The molecule has 0 atom stereocenters. The maximum Gasteiger partial charge on any atom is 0.305 e. The molecule has 0 aliphatic rings. The molecular weight excluding hydrogens is 188 g/mol. The molecule has 0 radical (unpaired) electrons. The third kappa shape index (κ3) is 11.1. The Morgan fingerprint density at radius 3 is 2.60 bits per heavy atom. The van der Waals surface area contributed by atoms with E-state index in [1.165, 1.54) is 12.8 Å². The molecule has 0 aliphatic carbocycles. The van der Waals surface area contributed by atoms with Crippen LogP contribution in [0, 0.1) is 0 Å². The van der Waals surface area contributed by atoms with E-state index in [2.05, 4.69) is 12.2 Å². The van der Waals surface area contributed by atoms with Gasteiger partial charge in [-0.15, -0.1) is 0 Å². The molecule has 0 aromatic rings. The summed E-state index contributed by atoms with van der Waals surface area (Å²) in [4.78, 5) is 11.1. The fraction of sp³-hybridized carbons (Fsp3) is 0.769. The Kier molecular flexibility index (Phi) is 10.7. The standard InChI is InChI=1S/C13H24O2/c1-3-5-6-7-8-9-10-11-13(14)15-12-4-2/h3,5H,4,6-12H2,1-2H3/b5-3+. The summed E-state index contributed by atoms with van der Waals surface area (Å²) in [5.41, 5.74) is 0. The number of carbonyl (C=O) groups is 1. The number of hydrogen-bond donors (Lipinski definition) is 0. The Balaban J connectivity index is 3.12. The number of unbranched alkanes of at least 4 members (excludes halogenated alkanes) is 4. The van der Waals surface area contributed by atoms with Crippen LogP contribution in [0.15, 0.2) is 12.2 Å². The molecule has 2 heteroatoms. The first-order valence-electron chi connectivity index (χ1n) is 6.08. The highest BCUT2D eigenvalue weighted by molar-refractivity contribution is 5.69. The van der Waals surface area contributed by atoms with Crippen molar-refractivity contribution in [3.8, 4) is 0 Å². The van der Waals surface area contributed by atoms with Gasteiger partial charge in [-0.25, -0.2) is 0 Å². The van der Waals surface area contributed by atoms with E-state index in [0.717, 1.165) is 25.7 Å². The van der Waals surface area contributed by atoms with Crippen LogP contribution in [0.3, 0.4) is 0 Å². The zero-order valence-electron chi connectivity index (χ0n) is 10.1. The fourth-order valence-corrected chi connectivity index (χ4v) is 1.34. The van der Waals surface area contributed by atoms with Crippen molar-refractivity contribution >= 4 is 5.97 Å². The highest BCUT2D eigenvalue weighted by Gasteiger charge is 2.00. The lowest BCUT2D eigenvalue weighted by Crippen LogP contribution is -2.04. The van der Waals surface area contributed by atoms with Gasteiger partial charge in [0.1, 0.15) is 0 Å². The molecular formula is C13H24O2. The Bertz CT molecular complexity index is 173. The van der Waals surface area contributed by atoms with Crippen LogP contribution in [0.4, 0.5) is 0 Å². The largest absolute Gasteiger partial charge is 0.466 e. The lowest BCUT2D eigenvalue weighted by atomic mass is 10.1. The molecule has 0 fully saturated rings. The van der Waals surface area contributed by atoms with Crippen molar-refractivity contribution in [3.05, 3.63) is 12.2 Å². The third-order valence-electron chi connectivity index (χ3n) is 2.20. The normalized spacial score (nSPS) is 10.8. The van der Waals surface area contributed by atoms with Gasteiger partial charge in [0.2, 0.25) is 0 Å². The Morgan fingerprint density at radius 2 is 1.93 bits per heavy atom. The lowest BCUT2D eigenvalue weighted by Gasteiger charge is -2.02. The van der Waals surface area contributed by atoms with Crippen LogP contribution in [0.25, 0.3) is 0 Å². The second kappa shape index (κ2) is 11.3. The van der Waals surface area contributed by atoms with Crippen LogP contribution in [-0.4, -0.2) is 12.6 Å². The molecule has 0 saturated carbocycles. The van der Waals surface area contributed by atoms with Gasteiger partial charge in [-0.05, 0) is 32.6 Å². The van der Waals surface area contributed by atoms with Gasteiger partial charge in [-0.2, -0.15) is 0 Å². The molecule has 15 heavy (non-hydrogen) atoms. The average Bonchev–Trinajstić information content (AvgIpc) is 2.25. The molecule has 0 amide bonds. The minimum Gasteiger partial charge on any atom is -0.466 e. The van der Waals surface area contributed by atoms with Gasteiger partial charge in [-0.3, -0.25) is 4.79 Å². The number of rotatable bonds is 9. The van der Waals surface area contributed by atoms with Crippen LogP contribution in [0.2, 0.25) is 0 Å². The molecule has 0 bridgehead atoms. The van der Waals surface area contributed by atoms with Gasteiger partial charge in [-0.1, -0.05) is 31.9 Å². The van der Waals surface area contributed by atoms with E-state index in [1.54, 1.807) is 0 Å². The first-order chi connectivity index (χ1) is 7.31. The van der Waals surface area contributed by atoms with Gasteiger partial charge < -0.3 is 4.74 Å². The van der Waals surface area contributed by atoms with E-state index >= 15 is 0 Å². The second-order valence-electron chi connectivity index (χ2n) is 3.74. The maximum atomic E-state index is 11.1. The van der Waals surface area contributed by atoms with Gasteiger partial charge in [0.05, 0.1) is 6.61 Å². The van der Waals surface area contributed by atoms with Crippen molar-refractivity contribution < 1.29 is 9.53 Å². The molecule has 0 unspecified atom stereocenters. The molecule has 0 saturated heterocycles. The summed E-state index contributed by atoms with van der Waals surface area (Å²) in [5, 5.41) is 0.